The number of aromatic hydroxyl groups is 1. The number of hydrogen-bond donors (Lipinski definition) is 3. The number of carboxylic acids is 1. The van der Waals surface area contributed by atoms with Gasteiger partial charge in [-0.05, 0) is 22.0 Å². The van der Waals surface area contributed by atoms with Gasteiger partial charge in [0, 0.05) is 23.1 Å². The van der Waals surface area contributed by atoms with E-state index in [0.717, 1.165) is 6.07 Å². The molecule has 0 bridgehead atoms. The molecule has 0 fully saturated rings. The van der Waals surface area contributed by atoms with Gasteiger partial charge in [-0.25, -0.2) is 4.79 Å². The highest BCUT2D eigenvalue weighted by Gasteiger charge is 2.18. The molecule has 0 aliphatic carbocycles. The molecule has 4 N–H and O–H groups in total. The first-order chi connectivity index (χ1) is 11.8. The molecule has 1 unspecified atom stereocenters. The number of carbonyl (C=O) groups excluding carboxylic acids is 1. The SMILES string of the molecule is CC.NC(CC(=O)OCc1cc(=O)oc2cc(O)c(Br)cc12)C(=O)O. The van der Waals surface area contributed by atoms with Crippen molar-refractivity contribution in [1.82, 2.24) is 0 Å². The van der Waals surface area contributed by atoms with Gasteiger partial charge in [-0.3, -0.25) is 9.59 Å². The fraction of sp³-hybridized carbons (Fsp3) is 0.312. The summed E-state index contributed by atoms with van der Waals surface area (Å²) in [7, 11) is 0. The highest BCUT2D eigenvalue weighted by molar-refractivity contribution is 9.10. The van der Waals surface area contributed by atoms with E-state index in [-0.39, 0.29) is 17.9 Å². The zero-order chi connectivity index (χ0) is 19.1. The molecular weight excluding hydrogens is 398 g/mol. The number of aliphatic carboxylic acids is 1. The Balaban J connectivity index is 0.00000151. The van der Waals surface area contributed by atoms with E-state index in [1.165, 1.54) is 12.1 Å². The first-order valence-electron chi connectivity index (χ1n) is 7.37. The van der Waals surface area contributed by atoms with Crippen molar-refractivity contribution in [2.24, 2.45) is 5.73 Å². The van der Waals surface area contributed by atoms with Crippen LogP contribution in [0.3, 0.4) is 0 Å². The molecule has 0 amide bonds. The molecule has 0 aliphatic rings. The smallest absolute Gasteiger partial charge is 0.336 e. The Kier molecular flexibility index (Phi) is 7.59. The molecule has 1 aromatic heterocycles. The number of benzene rings is 1. The van der Waals surface area contributed by atoms with E-state index < -0.39 is 30.0 Å². The summed E-state index contributed by atoms with van der Waals surface area (Å²) in [5, 5.41) is 18.7. The molecule has 2 aromatic rings. The fourth-order valence-corrected chi connectivity index (χ4v) is 2.18. The zero-order valence-corrected chi connectivity index (χ0v) is 15.2. The van der Waals surface area contributed by atoms with Crippen LogP contribution in [0.4, 0.5) is 0 Å². The highest BCUT2D eigenvalue weighted by Crippen LogP contribution is 2.30. The quantitative estimate of drug-likeness (QED) is 0.498. The number of phenolic OH excluding ortho intramolecular Hbond substituents is 1. The van der Waals surface area contributed by atoms with E-state index >= 15 is 0 Å². The molecule has 9 heteroatoms. The van der Waals surface area contributed by atoms with Gasteiger partial charge in [0.1, 0.15) is 24.0 Å². The third-order valence-electron chi connectivity index (χ3n) is 2.99. The summed E-state index contributed by atoms with van der Waals surface area (Å²) < 4.78 is 10.3. The van der Waals surface area contributed by atoms with Gasteiger partial charge < -0.3 is 25.1 Å². The third-order valence-corrected chi connectivity index (χ3v) is 3.63. The zero-order valence-electron chi connectivity index (χ0n) is 13.6. The molecule has 1 aromatic carbocycles. The largest absolute Gasteiger partial charge is 0.507 e. The Labute approximate surface area is 151 Å². The lowest BCUT2D eigenvalue weighted by Crippen LogP contribution is -2.33. The van der Waals surface area contributed by atoms with Crippen molar-refractivity contribution in [2.45, 2.75) is 32.9 Å². The van der Waals surface area contributed by atoms with Crippen LogP contribution in [0.15, 0.2) is 31.9 Å². The predicted octanol–water partition coefficient (Wildman–Crippen LogP) is 2.13. The minimum atomic E-state index is -1.36. The maximum Gasteiger partial charge on any atom is 0.336 e. The Morgan fingerprint density at radius 1 is 1.32 bits per heavy atom. The monoisotopic (exact) mass is 415 g/mol. The normalized spacial score (nSPS) is 11.4. The molecule has 136 valence electrons. The minimum absolute atomic E-state index is 0.109. The van der Waals surface area contributed by atoms with Gasteiger partial charge in [0.25, 0.3) is 0 Å². The molecule has 0 radical (unpaired) electrons. The number of halogens is 1. The van der Waals surface area contributed by atoms with Gasteiger partial charge in [0.05, 0.1) is 10.9 Å². The van der Waals surface area contributed by atoms with E-state index in [1.807, 2.05) is 13.8 Å². The molecule has 2 rings (SSSR count). The Hall–Kier alpha value is -2.39. The number of phenols is 1. The Morgan fingerprint density at radius 2 is 1.96 bits per heavy atom. The lowest BCUT2D eigenvalue weighted by atomic mass is 10.1. The second kappa shape index (κ2) is 9.19. The first kappa shape index (κ1) is 20.7. The molecule has 1 heterocycles. The predicted molar refractivity (Wildman–Crippen MR) is 93.2 cm³/mol. The van der Waals surface area contributed by atoms with Gasteiger partial charge >= 0.3 is 17.6 Å². The van der Waals surface area contributed by atoms with Crippen molar-refractivity contribution in [1.29, 1.82) is 0 Å². The standard InChI is InChI=1S/C14H12BrNO7.C2H6/c15-8-2-7-6(1-13(19)23-11(7)4-10(8)17)5-22-12(18)3-9(16)14(20)21;1-2/h1-2,4,9,17H,3,5,16H2,(H,20,21);1-2H3. The van der Waals surface area contributed by atoms with Crippen LogP contribution in [0.25, 0.3) is 11.0 Å². The Morgan fingerprint density at radius 3 is 2.56 bits per heavy atom. The summed E-state index contributed by atoms with van der Waals surface area (Å²) in [6.45, 7) is 3.74. The second-order valence-electron chi connectivity index (χ2n) is 4.70. The van der Waals surface area contributed by atoms with Crippen LogP contribution in [0.2, 0.25) is 0 Å². The van der Waals surface area contributed by atoms with E-state index in [1.54, 1.807) is 0 Å². The van der Waals surface area contributed by atoms with Crippen molar-refractivity contribution in [3.05, 3.63) is 38.7 Å². The van der Waals surface area contributed by atoms with Crippen LogP contribution in [0, 0.1) is 0 Å². The summed E-state index contributed by atoms with van der Waals surface area (Å²) in [4.78, 5) is 33.7. The number of carboxylic acid groups (broad SMARTS) is 1. The number of esters is 1. The molecule has 0 saturated carbocycles. The fourth-order valence-electron chi connectivity index (χ4n) is 1.84. The molecule has 0 spiro atoms. The Bertz CT molecular complexity index is 831. The second-order valence-corrected chi connectivity index (χ2v) is 5.55. The van der Waals surface area contributed by atoms with Crippen LogP contribution in [0.1, 0.15) is 25.8 Å². The summed E-state index contributed by atoms with van der Waals surface area (Å²) in [5.74, 6) is -2.23. The lowest BCUT2D eigenvalue weighted by molar-refractivity contribution is -0.149. The number of nitrogens with two attached hydrogens (primary N) is 1. The van der Waals surface area contributed by atoms with Crippen LogP contribution < -0.4 is 11.4 Å². The van der Waals surface area contributed by atoms with Crippen molar-refractivity contribution >= 4 is 38.8 Å². The number of rotatable bonds is 5. The van der Waals surface area contributed by atoms with E-state index in [9.17, 15) is 19.5 Å². The van der Waals surface area contributed by atoms with Crippen LogP contribution in [0.5, 0.6) is 5.75 Å². The van der Waals surface area contributed by atoms with Crippen molar-refractivity contribution in [3.8, 4) is 5.75 Å². The average molecular weight is 416 g/mol. The van der Waals surface area contributed by atoms with Gasteiger partial charge in [-0.1, -0.05) is 13.8 Å². The average Bonchev–Trinajstić information content (AvgIpc) is 2.56. The summed E-state index contributed by atoms with van der Waals surface area (Å²) in [6, 6.07) is 2.56. The van der Waals surface area contributed by atoms with Crippen molar-refractivity contribution in [3.63, 3.8) is 0 Å². The van der Waals surface area contributed by atoms with E-state index in [2.05, 4.69) is 15.9 Å². The van der Waals surface area contributed by atoms with Gasteiger partial charge in [0.2, 0.25) is 0 Å². The van der Waals surface area contributed by atoms with Gasteiger partial charge in [-0.2, -0.15) is 0 Å². The lowest BCUT2D eigenvalue weighted by Gasteiger charge is -2.09. The summed E-state index contributed by atoms with van der Waals surface area (Å²) >= 11 is 3.14. The number of fused-ring (bicyclic) bond motifs is 1. The number of hydrogen-bond acceptors (Lipinski definition) is 7. The molecule has 0 aliphatic heterocycles. The molecule has 0 saturated heterocycles. The number of ether oxygens (including phenoxy) is 1. The topological polar surface area (TPSA) is 140 Å². The first-order valence-corrected chi connectivity index (χ1v) is 8.16. The highest BCUT2D eigenvalue weighted by atomic mass is 79.9. The molecule has 8 nitrogen and oxygen atoms in total. The third kappa shape index (κ3) is 5.57. The minimum Gasteiger partial charge on any atom is -0.507 e. The van der Waals surface area contributed by atoms with Gasteiger partial charge in [0.15, 0.2) is 0 Å². The maximum absolute atomic E-state index is 11.6. The van der Waals surface area contributed by atoms with Crippen molar-refractivity contribution < 1.29 is 29.0 Å². The molecule has 25 heavy (non-hydrogen) atoms. The number of carbonyl (C=O) groups is 2. The van der Waals surface area contributed by atoms with Crippen molar-refractivity contribution in [2.75, 3.05) is 0 Å². The maximum atomic E-state index is 11.6. The van der Waals surface area contributed by atoms with E-state index in [0.29, 0.717) is 15.4 Å². The molecule has 1 atom stereocenters. The van der Waals surface area contributed by atoms with E-state index in [4.69, 9.17) is 20.0 Å². The summed E-state index contributed by atoms with van der Waals surface area (Å²) in [5.41, 5.74) is 5.05. The van der Waals surface area contributed by atoms with Gasteiger partial charge in [-0.15, -0.1) is 0 Å². The van der Waals surface area contributed by atoms with Crippen LogP contribution in [-0.2, 0) is 20.9 Å². The van der Waals surface area contributed by atoms with Crippen LogP contribution in [-0.4, -0.2) is 28.2 Å². The van der Waals surface area contributed by atoms with Crippen LogP contribution >= 0.6 is 15.9 Å². The molecular formula is C16H18BrNO7. The summed E-state index contributed by atoms with van der Waals surface area (Å²) in [6.07, 6.45) is -0.487.